The zero-order chi connectivity index (χ0) is 14.1. The average molecular weight is 293 g/mol. The smallest absolute Gasteiger partial charge is 0.244 e. The highest BCUT2D eigenvalue weighted by Crippen LogP contribution is 2.20. The van der Waals surface area contributed by atoms with Gasteiger partial charge in [0.15, 0.2) is 0 Å². The van der Waals surface area contributed by atoms with Gasteiger partial charge in [-0.2, -0.15) is 4.31 Å². The highest BCUT2D eigenvalue weighted by molar-refractivity contribution is 7.89. The van der Waals surface area contributed by atoms with Crippen LogP contribution in [0.3, 0.4) is 0 Å². The maximum Gasteiger partial charge on any atom is 0.244 e. The summed E-state index contributed by atoms with van der Waals surface area (Å²) in [6, 6.07) is 1.46. The Bertz CT molecular complexity index is 538. The van der Waals surface area contributed by atoms with Crippen LogP contribution in [-0.4, -0.2) is 42.0 Å². The van der Waals surface area contributed by atoms with Crippen LogP contribution in [0.5, 0.6) is 0 Å². The van der Waals surface area contributed by atoms with Gasteiger partial charge in [-0.05, 0) is 32.4 Å². The maximum atomic E-state index is 12.2. The van der Waals surface area contributed by atoms with Crippen molar-refractivity contribution in [1.29, 1.82) is 0 Å². The predicted octanol–water partition coefficient (Wildman–Crippen LogP) is 1.43. The lowest BCUT2D eigenvalue weighted by molar-refractivity contribution is 0.0640. The van der Waals surface area contributed by atoms with E-state index >= 15 is 0 Å². The van der Waals surface area contributed by atoms with Crippen LogP contribution >= 0.6 is 11.6 Å². The predicted molar refractivity (Wildman–Crippen MR) is 70.1 cm³/mol. The molecular weight excluding hydrogens is 276 g/mol. The van der Waals surface area contributed by atoms with E-state index in [0.29, 0.717) is 5.56 Å². The molecule has 0 aliphatic heterocycles. The van der Waals surface area contributed by atoms with E-state index in [2.05, 4.69) is 4.98 Å². The third kappa shape index (κ3) is 3.65. The average Bonchev–Trinajstić information content (AvgIpc) is 2.19. The number of sulfonamides is 1. The van der Waals surface area contributed by atoms with Gasteiger partial charge in [-0.1, -0.05) is 11.6 Å². The Morgan fingerprint density at radius 1 is 1.50 bits per heavy atom. The van der Waals surface area contributed by atoms with Gasteiger partial charge in [-0.3, -0.25) is 0 Å². The van der Waals surface area contributed by atoms with Gasteiger partial charge in [-0.25, -0.2) is 13.4 Å². The first kappa shape index (κ1) is 15.4. The summed E-state index contributed by atoms with van der Waals surface area (Å²) in [7, 11) is -2.25. The monoisotopic (exact) mass is 292 g/mol. The molecule has 1 aromatic rings. The summed E-state index contributed by atoms with van der Waals surface area (Å²) in [4.78, 5) is 3.89. The zero-order valence-corrected chi connectivity index (χ0v) is 12.4. The Balaban J connectivity index is 3.10. The number of aromatic nitrogens is 1. The summed E-state index contributed by atoms with van der Waals surface area (Å²) >= 11 is 5.76. The van der Waals surface area contributed by atoms with Gasteiger partial charge in [0.1, 0.15) is 10.0 Å². The molecule has 1 heterocycles. The number of aryl methyl sites for hydroxylation is 1. The lowest BCUT2D eigenvalue weighted by Gasteiger charge is -2.25. The van der Waals surface area contributed by atoms with Crippen LogP contribution < -0.4 is 0 Å². The van der Waals surface area contributed by atoms with Gasteiger partial charge in [-0.15, -0.1) is 0 Å². The van der Waals surface area contributed by atoms with Gasteiger partial charge in [0.25, 0.3) is 0 Å². The third-order valence-electron chi connectivity index (χ3n) is 2.31. The molecule has 0 fully saturated rings. The van der Waals surface area contributed by atoms with Crippen molar-refractivity contribution < 1.29 is 13.5 Å². The van der Waals surface area contributed by atoms with Crippen LogP contribution in [-0.2, 0) is 10.0 Å². The van der Waals surface area contributed by atoms with Crippen molar-refractivity contribution in [1.82, 2.24) is 9.29 Å². The molecule has 0 spiro atoms. The molecule has 0 aliphatic carbocycles. The number of pyridine rings is 1. The first-order chi connectivity index (χ1) is 8.04. The molecule has 1 N–H and O–H groups in total. The molecule has 1 aromatic heterocycles. The second kappa shape index (κ2) is 5.13. The Kier molecular flexibility index (Phi) is 4.38. The van der Waals surface area contributed by atoms with Crippen LogP contribution in [0, 0.1) is 6.92 Å². The van der Waals surface area contributed by atoms with Crippen molar-refractivity contribution in [2.75, 3.05) is 13.6 Å². The summed E-state index contributed by atoms with van der Waals surface area (Å²) in [5, 5.41) is 9.93. The molecule has 0 radical (unpaired) electrons. The first-order valence-electron chi connectivity index (χ1n) is 5.35. The van der Waals surface area contributed by atoms with E-state index in [1.165, 1.54) is 19.3 Å². The van der Waals surface area contributed by atoms with Crippen molar-refractivity contribution >= 4 is 21.6 Å². The Morgan fingerprint density at radius 3 is 2.50 bits per heavy atom. The second-order valence-corrected chi connectivity index (χ2v) is 7.26. The molecule has 18 heavy (non-hydrogen) atoms. The molecular formula is C11H17ClN2O3S. The number of hydrogen-bond donors (Lipinski definition) is 1. The van der Waals surface area contributed by atoms with E-state index < -0.39 is 15.6 Å². The Hall–Kier alpha value is -0.690. The lowest BCUT2D eigenvalue weighted by atomic mass is 10.1. The molecule has 0 amide bonds. The van der Waals surface area contributed by atoms with Crippen molar-refractivity contribution in [3.63, 3.8) is 0 Å². The molecule has 0 aromatic carbocycles. The molecule has 0 aliphatic rings. The topological polar surface area (TPSA) is 70.5 Å². The molecule has 102 valence electrons. The number of nitrogens with zero attached hydrogens (tertiary/aromatic N) is 2. The summed E-state index contributed by atoms with van der Waals surface area (Å²) in [5.41, 5.74) is -0.508. The van der Waals surface area contributed by atoms with E-state index in [-0.39, 0.29) is 16.6 Å². The summed E-state index contributed by atoms with van der Waals surface area (Å²) in [6.07, 6.45) is 1.21. The molecule has 0 bridgehead atoms. The quantitative estimate of drug-likeness (QED) is 0.853. The van der Waals surface area contributed by atoms with Crippen LogP contribution in [0.2, 0.25) is 5.15 Å². The SMILES string of the molecule is Cc1cc(S(=O)(=O)N(C)CC(C)(C)O)cnc1Cl. The second-order valence-electron chi connectivity index (χ2n) is 4.85. The number of hydrogen-bond acceptors (Lipinski definition) is 4. The summed E-state index contributed by atoms with van der Waals surface area (Å²) < 4.78 is 25.5. The standard InChI is InChI=1S/C11H17ClN2O3S/c1-8-5-9(6-13-10(8)12)18(16,17)14(4)7-11(2,3)15/h5-6,15H,7H2,1-4H3. The van der Waals surface area contributed by atoms with Gasteiger partial charge >= 0.3 is 0 Å². The summed E-state index contributed by atoms with van der Waals surface area (Å²) in [5.74, 6) is 0. The molecule has 0 saturated carbocycles. The van der Waals surface area contributed by atoms with Crippen LogP contribution in [0.25, 0.3) is 0 Å². The maximum absolute atomic E-state index is 12.2. The minimum atomic E-state index is -3.66. The molecule has 0 saturated heterocycles. The van der Waals surface area contributed by atoms with E-state index in [9.17, 15) is 13.5 Å². The largest absolute Gasteiger partial charge is 0.389 e. The van der Waals surface area contributed by atoms with Crippen LogP contribution in [0.1, 0.15) is 19.4 Å². The van der Waals surface area contributed by atoms with E-state index in [4.69, 9.17) is 11.6 Å². The molecule has 0 unspecified atom stereocenters. The fraction of sp³-hybridized carbons (Fsp3) is 0.545. The fourth-order valence-corrected chi connectivity index (χ4v) is 2.94. The minimum absolute atomic E-state index is 0.00297. The molecule has 1 rings (SSSR count). The van der Waals surface area contributed by atoms with Crippen LogP contribution in [0.15, 0.2) is 17.2 Å². The zero-order valence-electron chi connectivity index (χ0n) is 10.8. The van der Waals surface area contributed by atoms with Crippen LogP contribution in [0.4, 0.5) is 0 Å². The lowest BCUT2D eigenvalue weighted by Crippen LogP contribution is -2.39. The minimum Gasteiger partial charge on any atom is -0.389 e. The highest BCUT2D eigenvalue weighted by atomic mass is 35.5. The Labute approximate surface area is 112 Å². The molecule has 7 heteroatoms. The molecule has 0 atom stereocenters. The fourth-order valence-electron chi connectivity index (χ4n) is 1.48. The van der Waals surface area contributed by atoms with Crippen molar-refractivity contribution in [2.45, 2.75) is 31.3 Å². The highest BCUT2D eigenvalue weighted by Gasteiger charge is 2.26. The third-order valence-corrected chi connectivity index (χ3v) is 4.47. The van der Waals surface area contributed by atoms with Crippen molar-refractivity contribution in [3.8, 4) is 0 Å². The normalized spacial score (nSPS) is 13.1. The van der Waals surface area contributed by atoms with Gasteiger partial charge in [0.05, 0.1) is 5.60 Å². The first-order valence-corrected chi connectivity index (χ1v) is 7.17. The molecule has 5 nitrogen and oxygen atoms in total. The Morgan fingerprint density at radius 2 is 2.06 bits per heavy atom. The van der Waals surface area contributed by atoms with E-state index in [1.54, 1.807) is 20.8 Å². The van der Waals surface area contributed by atoms with Gasteiger partial charge in [0, 0.05) is 19.8 Å². The van der Waals surface area contributed by atoms with Gasteiger partial charge in [0.2, 0.25) is 10.0 Å². The van der Waals surface area contributed by atoms with Gasteiger partial charge < -0.3 is 5.11 Å². The van der Waals surface area contributed by atoms with Crippen molar-refractivity contribution in [3.05, 3.63) is 23.0 Å². The number of halogens is 1. The van der Waals surface area contributed by atoms with Crippen molar-refractivity contribution in [2.24, 2.45) is 0 Å². The number of aliphatic hydroxyl groups is 1. The number of likely N-dealkylation sites (N-methyl/N-ethyl adjacent to an activating group) is 1. The van der Waals surface area contributed by atoms with E-state index in [1.807, 2.05) is 0 Å². The number of rotatable bonds is 4. The van der Waals surface area contributed by atoms with E-state index in [0.717, 1.165) is 4.31 Å². The summed E-state index contributed by atoms with van der Waals surface area (Å²) in [6.45, 7) is 4.77.